The number of esters is 1. The van der Waals surface area contributed by atoms with E-state index in [-0.39, 0.29) is 11.8 Å². The molecular formula is C23H19ClN2O4. The average molecular weight is 423 g/mol. The molecule has 0 atom stereocenters. The van der Waals surface area contributed by atoms with Gasteiger partial charge in [0.1, 0.15) is 5.75 Å². The van der Waals surface area contributed by atoms with Crippen LogP contribution >= 0.6 is 11.6 Å². The molecule has 2 N–H and O–H groups in total. The average Bonchev–Trinajstić information content (AvgIpc) is 2.73. The molecular weight excluding hydrogens is 404 g/mol. The SMILES string of the molecule is CC(=O)Oc1cccc(C(=O)Nc2ccc(CNC(=O)c3ccc(Cl)cc3)cc2)c1. The van der Waals surface area contributed by atoms with E-state index in [0.717, 1.165) is 5.56 Å². The minimum atomic E-state index is -0.452. The number of ether oxygens (including phenoxy) is 1. The van der Waals surface area contributed by atoms with Crippen molar-refractivity contribution >= 4 is 35.1 Å². The van der Waals surface area contributed by atoms with Crippen molar-refractivity contribution in [3.63, 3.8) is 0 Å². The molecule has 3 aromatic carbocycles. The van der Waals surface area contributed by atoms with Gasteiger partial charge in [-0.15, -0.1) is 0 Å². The Kier molecular flexibility index (Phi) is 6.83. The Morgan fingerprint density at radius 1 is 0.867 bits per heavy atom. The maximum absolute atomic E-state index is 12.4. The third-order valence-corrected chi connectivity index (χ3v) is 4.38. The smallest absolute Gasteiger partial charge is 0.308 e. The van der Waals surface area contributed by atoms with Crippen LogP contribution in [0.5, 0.6) is 5.75 Å². The van der Waals surface area contributed by atoms with Gasteiger partial charge in [-0.2, -0.15) is 0 Å². The number of halogens is 1. The highest BCUT2D eigenvalue weighted by atomic mass is 35.5. The molecule has 3 aromatic rings. The van der Waals surface area contributed by atoms with Crippen LogP contribution in [-0.2, 0) is 11.3 Å². The van der Waals surface area contributed by atoms with E-state index >= 15 is 0 Å². The zero-order valence-electron chi connectivity index (χ0n) is 16.1. The Bertz CT molecular complexity index is 1060. The van der Waals surface area contributed by atoms with Gasteiger partial charge in [-0.3, -0.25) is 14.4 Å². The molecule has 0 unspecified atom stereocenters. The van der Waals surface area contributed by atoms with E-state index in [2.05, 4.69) is 10.6 Å². The van der Waals surface area contributed by atoms with E-state index in [1.807, 2.05) is 12.1 Å². The minimum absolute atomic E-state index is 0.197. The molecule has 0 heterocycles. The van der Waals surface area contributed by atoms with E-state index in [0.29, 0.717) is 34.1 Å². The number of carbonyl (C=O) groups excluding carboxylic acids is 3. The number of rotatable bonds is 6. The van der Waals surface area contributed by atoms with Crippen molar-refractivity contribution < 1.29 is 19.1 Å². The molecule has 0 saturated heterocycles. The summed E-state index contributed by atoms with van der Waals surface area (Å²) in [5.41, 5.74) is 2.38. The summed E-state index contributed by atoms with van der Waals surface area (Å²) in [6, 6.07) is 20.1. The van der Waals surface area contributed by atoms with Crippen LogP contribution in [0.4, 0.5) is 5.69 Å². The molecule has 0 aliphatic heterocycles. The summed E-state index contributed by atoms with van der Waals surface area (Å²) in [4.78, 5) is 35.6. The quantitative estimate of drug-likeness (QED) is 0.454. The Balaban J connectivity index is 1.56. The van der Waals surface area contributed by atoms with Crippen LogP contribution in [0.3, 0.4) is 0 Å². The number of carbonyl (C=O) groups is 3. The highest BCUT2D eigenvalue weighted by Crippen LogP contribution is 2.16. The molecule has 2 amide bonds. The lowest BCUT2D eigenvalue weighted by Gasteiger charge is -2.09. The standard InChI is InChI=1S/C23H19ClN2O4/c1-15(27)30-21-4-2-3-18(13-21)23(29)26-20-11-5-16(6-12-20)14-25-22(28)17-7-9-19(24)10-8-17/h2-13H,14H2,1H3,(H,25,28)(H,26,29). The van der Waals surface area contributed by atoms with Crippen LogP contribution < -0.4 is 15.4 Å². The van der Waals surface area contributed by atoms with E-state index in [4.69, 9.17) is 16.3 Å². The van der Waals surface area contributed by atoms with Gasteiger partial charge >= 0.3 is 5.97 Å². The zero-order valence-corrected chi connectivity index (χ0v) is 16.9. The predicted octanol–water partition coefficient (Wildman–Crippen LogP) is 4.45. The van der Waals surface area contributed by atoms with Gasteiger partial charge in [0, 0.05) is 35.3 Å². The molecule has 0 radical (unpaired) electrons. The summed E-state index contributed by atoms with van der Waals surface area (Å²) in [6.45, 7) is 1.65. The summed E-state index contributed by atoms with van der Waals surface area (Å²) in [5, 5.41) is 6.19. The first-order chi connectivity index (χ1) is 14.4. The Hall–Kier alpha value is -3.64. The fraction of sp³-hybridized carbons (Fsp3) is 0.0870. The lowest BCUT2D eigenvalue weighted by molar-refractivity contribution is -0.131. The van der Waals surface area contributed by atoms with Crippen LogP contribution in [0.1, 0.15) is 33.2 Å². The largest absolute Gasteiger partial charge is 0.427 e. The monoisotopic (exact) mass is 422 g/mol. The number of benzene rings is 3. The Morgan fingerprint density at radius 2 is 1.57 bits per heavy atom. The molecule has 6 nitrogen and oxygen atoms in total. The lowest BCUT2D eigenvalue weighted by atomic mass is 10.1. The van der Waals surface area contributed by atoms with Crippen molar-refractivity contribution in [2.24, 2.45) is 0 Å². The molecule has 0 aromatic heterocycles. The topological polar surface area (TPSA) is 84.5 Å². The molecule has 0 fully saturated rings. The first kappa shape index (κ1) is 21.1. The summed E-state index contributed by atoms with van der Waals surface area (Å²) in [7, 11) is 0. The Labute approximate surface area is 178 Å². The van der Waals surface area contributed by atoms with E-state index in [1.54, 1.807) is 54.6 Å². The molecule has 0 aliphatic carbocycles. The molecule has 0 bridgehead atoms. The zero-order chi connectivity index (χ0) is 21.5. The summed E-state index contributed by atoms with van der Waals surface area (Å²) in [6.07, 6.45) is 0. The van der Waals surface area contributed by atoms with Crippen LogP contribution in [0, 0.1) is 0 Å². The van der Waals surface area contributed by atoms with Crippen molar-refractivity contribution in [1.29, 1.82) is 0 Å². The molecule has 7 heteroatoms. The fourth-order valence-corrected chi connectivity index (χ4v) is 2.79. The third-order valence-electron chi connectivity index (χ3n) is 4.13. The number of hydrogen-bond donors (Lipinski definition) is 2. The number of amides is 2. The van der Waals surface area contributed by atoms with Gasteiger partial charge in [0.15, 0.2) is 0 Å². The van der Waals surface area contributed by atoms with E-state index in [9.17, 15) is 14.4 Å². The fourth-order valence-electron chi connectivity index (χ4n) is 2.66. The van der Waals surface area contributed by atoms with Gasteiger partial charge in [0.05, 0.1) is 0 Å². The Morgan fingerprint density at radius 3 is 2.23 bits per heavy atom. The van der Waals surface area contributed by atoms with Crippen molar-refractivity contribution in [3.05, 3.63) is 94.5 Å². The van der Waals surface area contributed by atoms with Gasteiger partial charge in [-0.05, 0) is 60.2 Å². The van der Waals surface area contributed by atoms with E-state index < -0.39 is 5.97 Å². The van der Waals surface area contributed by atoms with Gasteiger partial charge in [-0.1, -0.05) is 29.8 Å². The molecule has 152 valence electrons. The van der Waals surface area contributed by atoms with Crippen LogP contribution in [-0.4, -0.2) is 17.8 Å². The first-order valence-electron chi connectivity index (χ1n) is 9.13. The van der Waals surface area contributed by atoms with Crippen LogP contribution in [0.15, 0.2) is 72.8 Å². The number of nitrogens with one attached hydrogen (secondary N) is 2. The van der Waals surface area contributed by atoms with Gasteiger partial charge in [-0.25, -0.2) is 0 Å². The predicted molar refractivity (Wildman–Crippen MR) is 115 cm³/mol. The number of hydrogen-bond acceptors (Lipinski definition) is 4. The molecule has 0 saturated carbocycles. The van der Waals surface area contributed by atoms with Gasteiger partial charge in [0.2, 0.25) is 0 Å². The van der Waals surface area contributed by atoms with Crippen molar-refractivity contribution in [1.82, 2.24) is 5.32 Å². The van der Waals surface area contributed by atoms with Crippen LogP contribution in [0.2, 0.25) is 5.02 Å². The van der Waals surface area contributed by atoms with Crippen LogP contribution in [0.25, 0.3) is 0 Å². The third kappa shape index (κ3) is 5.93. The second-order valence-corrected chi connectivity index (χ2v) is 6.90. The van der Waals surface area contributed by atoms with Gasteiger partial charge < -0.3 is 15.4 Å². The molecule has 0 aliphatic rings. The summed E-state index contributed by atoms with van der Waals surface area (Å²) < 4.78 is 4.99. The first-order valence-corrected chi connectivity index (χ1v) is 9.51. The summed E-state index contributed by atoms with van der Waals surface area (Å²) in [5.74, 6) is -0.669. The highest BCUT2D eigenvalue weighted by Gasteiger charge is 2.09. The summed E-state index contributed by atoms with van der Waals surface area (Å²) >= 11 is 5.83. The second-order valence-electron chi connectivity index (χ2n) is 6.46. The maximum Gasteiger partial charge on any atom is 0.308 e. The van der Waals surface area contributed by atoms with Gasteiger partial charge in [0.25, 0.3) is 11.8 Å². The maximum atomic E-state index is 12.4. The number of anilines is 1. The highest BCUT2D eigenvalue weighted by molar-refractivity contribution is 6.30. The minimum Gasteiger partial charge on any atom is -0.427 e. The second kappa shape index (κ2) is 9.71. The molecule has 0 spiro atoms. The van der Waals surface area contributed by atoms with E-state index in [1.165, 1.54) is 13.0 Å². The van der Waals surface area contributed by atoms with Crippen molar-refractivity contribution in [2.45, 2.75) is 13.5 Å². The van der Waals surface area contributed by atoms with Crippen molar-refractivity contribution in [2.75, 3.05) is 5.32 Å². The normalized spacial score (nSPS) is 10.2. The molecule has 30 heavy (non-hydrogen) atoms. The molecule has 3 rings (SSSR count). The van der Waals surface area contributed by atoms with Crippen molar-refractivity contribution in [3.8, 4) is 5.75 Å². The lowest BCUT2D eigenvalue weighted by Crippen LogP contribution is -2.22.